The van der Waals surface area contributed by atoms with E-state index in [1.807, 2.05) is 17.1 Å². The first-order valence-corrected chi connectivity index (χ1v) is 14.6. The molecular weight excluding hydrogens is 564 g/mol. The number of aryl methyl sites for hydroxylation is 2. The lowest BCUT2D eigenvalue weighted by atomic mass is 9.75. The number of hydrogen-bond donors (Lipinski definition) is 4. The van der Waals surface area contributed by atoms with Gasteiger partial charge in [0.2, 0.25) is 11.8 Å². The molecule has 2 aliphatic rings. The summed E-state index contributed by atoms with van der Waals surface area (Å²) in [5.41, 5.74) is 4.58. The number of carbonyl (C=O) groups is 2. The lowest BCUT2D eigenvalue weighted by molar-refractivity contribution is -0.130. The number of aliphatic carboxylic acids is 1. The summed E-state index contributed by atoms with van der Waals surface area (Å²) in [5, 5.41) is 30.1. The monoisotopic (exact) mass is 592 g/mol. The minimum Gasteiger partial charge on any atom is -0.492 e. The van der Waals surface area contributed by atoms with E-state index in [1.165, 1.54) is 12.1 Å². The van der Waals surface area contributed by atoms with Crippen LogP contribution in [0.4, 0.5) is 5.69 Å². The van der Waals surface area contributed by atoms with Gasteiger partial charge >= 0.3 is 11.9 Å². The van der Waals surface area contributed by atoms with Crippen LogP contribution in [-0.2, 0) is 14.9 Å². The molecule has 42 heavy (non-hydrogen) atoms. The van der Waals surface area contributed by atoms with Crippen LogP contribution in [0.5, 0.6) is 11.8 Å². The number of nitrogens with zero attached hydrogens (tertiary/aromatic N) is 2. The van der Waals surface area contributed by atoms with Crippen molar-refractivity contribution in [3.05, 3.63) is 106 Å². The Kier molecular flexibility index (Phi) is 7.43. The number of hydrogen-bond acceptors (Lipinski definition) is 8. The number of carboxylic acid groups (broad SMARTS) is 1. The lowest BCUT2D eigenvalue weighted by Crippen LogP contribution is -2.34. The maximum Gasteiger partial charge on any atom is 0.363 e. The topological polar surface area (TPSA) is 167 Å². The van der Waals surface area contributed by atoms with Crippen molar-refractivity contribution in [3.63, 3.8) is 0 Å². The van der Waals surface area contributed by atoms with Crippen LogP contribution in [0.25, 0.3) is 5.57 Å². The molecule has 5 rings (SSSR count). The van der Waals surface area contributed by atoms with E-state index in [4.69, 9.17) is 4.84 Å². The van der Waals surface area contributed by atoms with Crippen molar-refractivity contribution < 1.29 is 42.7 Å². The molecule has 4 N–H and O–H groups in total. The van der Waals surface area contributed by atoms with E-state index in [-0.39, 0.29) is 24.1 Å². The van der Waals surface area contributed by atoms with E-state index in [2.05, 4.69) is 0 Å². The van der Waals surface area contributed by atoms with E-state index in [0.717, 1.165) is 5.56 Å². The largest absolute Gasteiger partial charge is 0.492 e. The summed E-state index contributed by atoms with van der Waals surface area (Å²) >= 11 is 0. The summed E-state index contributed by atoms with van der Waals surface area (Å²) in [4.78, 5) is 32.7. The molecular formula is C30H28N2O9S. The first kappa shape index (κ1) is 28.7. The fourth-order valence-electron chi connectivity index (χ4n) is 5.65. The van der Waals surface area contributed by atoms with Gasteiger partial charge in [-0.05, 0) is 61.2 Å². The van der Waals surface area contributed by atoms with Crippen molar-refractivity contribution in [2.24, 2.45) is 0 Å². The highest BCUT2D eigenvalue weighted by molar-refractivity contribution is 7.85. The maximum absolute atomic E-state index is 12.9. The molecule has 11 nitrogen and oxygen atoms in total. The molecule has 12 heteroatoms. The second-order valence-corrected chi connectivity index (χ2v) is 11.6. The molecule has 0 saturated heterocycles. The Morgan fingerprint density at radius 2 is 1.64 bits per heavy atom. The van der Waals surface area contributed by atoms with Gasteiger partial charge in [0.25, 0.3) is 10.1 Å². The molecule has 218 valence electrons. The van der Waals surface area contributed by atoms with Crippen LogP contribution in [0.1, 0.15) is 45.0 Å². The summed E-state index contributed by atoms with van der Waals surface area (Å²) < 4.78 is 32.7. The number of carboxylic acids is 1. The molecule has 1 atom stereocenters. The third-order valence-electron chi connectivity index (χ3n) is 7.28. The highest BCUT2D eigenvalue weighted by Crippen LogP contribution is 2.49. The molecule has 0 amide bonds. The van der Waals surface area contributed by atoms with Crippen LogP contribution >= 0.6 is 0 Å². The Bertz CT molecular complexity index is 1770. The van der Waals surface area contributed by atoms with E-state index in [1.54, 1.807) is 56.3 Å². The Morgan fingerprint density at radius 3 is 2.26 bits per heavy atom. The number of aromatic nitrogens is 1. The van der Waals surface area contributed by atoms with Crippen LogP contribution < -0.4 is 9.74 Å². The van der Waals surface area contributed by atoms with Gasteiger partial charge in [0.1, 0.15) is 0 Å². The maximum atomic E-state index is 12.9. The summed E-state index contributed by atoms with van der Waals surface area (Å²) in [7, 11) is -4.19. The van der Waals surface area contributed by atoms with Gasteiger partial charge in [-0.1, -0.05) is 30.4 Å². The number of fused-ring (bicyclic) bond motifs is 2. The van der Waals surface area contributed by atoms with Gasteiger partial charge in [-0.25, -0.2) is 9.59 Å². The summed E-state index contributed by atoms with van der Waals surface area (Å²) in [6, 6.07) is 12.5. The van der Waals surface area contributed by atoms with Crippen molar-refractivity contribution >= 4 is 33.3 Å². The van der Waals surface area contributed by atoms with E-state index >= 15 is 0 Å². The fraction of sp³-hybridized carbons (Fsp3) is 0.200. The molecule has 0 radical (unpaired) electrons. The number of carbonyl (C=O) groups excluding carboxylic acids is 1. The number of rotatable bonds is 8. The second-order valence-electron chi connectivity index (χ2n) is 10.1. The predicted molar refractivity (Wildman–Crippen MR) is 154 cm³/mol. The first-order valence-electron chi connectivity index (χ1n) is 13.0. The number of para-hydroxylation sites is 1. The molecule has 1 aromatic heterocycles. The molecule has 1 aliphatic heterocycles. The average molecular weight is 593 g/mol. The van der Waals surface area contributed by atoms with Gasteiger partial charge in [-0.15, -0.1) is 4.73 Å². The van der Waals surface area contributed by atoms with Gasteiger partial charge in [0.05, 0.1) is 16.9 Å². The fourth-order valence-corrected chi connectivity index (χ4v) is 6.14. The Balaban J connectivity index is 1.59. The summed E-state index contributed by atoms with van der Waals surface area (Å²) in [6.45, 7) is 3.79. The molecule has 0 spiro atoms. The van der Waals surface area contributed by atoms with E-state index in [0.29, 0.717) is 38.4 Å². The van der Waals surface area contributed by atoms with Crippen molar-refractivity contribution in [2.75, 3.05) is 17.2 Å². The Hall–Kier alpha value is -4.81. The Morgan fingerprint density at radius 1 is 1.00 bits per heavy atom. The third kappa shape index (κ3) is 5.29. The third-order valence-corrected chi connectivity index (χ3v) is 8.08. The van der Waals surface area contributed by atoms with Gasteiger partial charge in [-0.3, -0.25) is 4.55 Å². The van der Waals surface area contributed by atoms with Crippen LogP contribution in [0, 0.1) is 13.8 Å². The van der Waals surface area contributed by atoms with Gasteiger partial charge in [0, 0.05) is 47.1 Å². The predicted octanol–water partition coefficient (Wildman–Crippen LogP) is 3.96. The summed E-state index contributed by atoms with van der Waals surface area (Å²) in [5.74, 6) is -3.83. The molecule has 0 bridgehead atoms. The normalized spacial score (nSPS) is 16.1. The average Bonchev–Trinajstić information content (AvgIpc) is 3.23. The number of allylic oxidation sites excluding steroid dienone is 4. The zero-order valence-corrected chi connectivity index (χ0v) is 23.5. The smallest absolute Gasteiger partial charge is 0.363 e. The first-order chi connectivity index (χ1) is 19.9. The zero-order valence-electron chi connectivity index (χ0n) is 22.7. The van der Waals surface area contributed by atoms with Crippen LogP contribution in [-0.4, -0.2) is 57.3 Å². The summed E-state index contributed by atoms with van der Waals surface area (Å²) in [6.07, 6.45) is 5.57. The van der Waals surface area contributed by atoms with Crippen molar-refractivity contribution in [3.8, 4) is 11.8 Å². The number of benzene rings is 2. The Labute approximate surface area is 241 Å². The molecule has 1 unspecified atom stereocenters. The van der Waals surface area contributed by atoms with Crippen LogP contribution in [0.2, 0.25) is 0 Å². The minimum atomic E-state index is -4.19. The molecule has 0 saturated carbocycles. The van der Waals surface area contributed by atoms with Gasteiger partial charge in [0.15, 0.2) is 0 Å². The number of anilines is 1. The molecule has 2 aromatic carbocycles. The zero-order chi connectivity index (χ0) is 30.3. The minimum absolute atomic E-state index is 0.107. The quantitative estimate of drug-likeness (QED) is 0.281. The van der Waals surface area contributed by atoms with E-state index in [9.17, 15) is 37.9 Å². The molecule has 3 aromatic rings. The molecule has 0 fully saturated rings. The van der Waals surface area contributed by atoms with Gasteiger partial charge in [-0.2, -0.15) is 8.42 Å². The lowest BCUT2D eigenvalue weighted by Gasteiger charge is -2.40. The second kappa shape index (κ2) is 10.9. The van der Waals surface area contributed by atoms with Crippen molar-refractivity contribution in [1.82, 2.24) is 4.73 Å². The van der Waals surface area contributed by atoms with Crippen molar-refractivity contribution in [2.45, 2.75) is 26.2 Å². The van der Waals surface area contributed by atoms with Gasteiger partial charge < -0.3 is 25.1 Å². The standard InChI is InChI=1S/C30H28N2O9S/c1-17-15-19(30(37)41-32-24(33)11-12-25(32)34)16-18(2)26(17)21-8-5-10-23-27(21)28(29(35)36)20-7-3-4-9-22(20)31(23)13-6-14-42(38,39)40/h3-5,7-12,15-16,21,33-34H,6,13-14H2,1-2H3,(H,35,36)(H,38,39,40). The SMILES string of the molecule is Cc1cc(C(=O)On2c(O)ccc2O)cc(C)c1C1C=CC=C2C1=C(C(=O)O)c1ccccc1N2CCCS(=O)(=O)O. The molecule has 2 heterocycles. The van der Waals surface area contributed by atoms with E-state index < -0.39 is 45.5 Å². The molecule has 1 aliphatic carbocycles. The van der Waals surface area contributed by atoms with Crippen LogP contribution in [0.15, 0.2) is 78.0 Å². The van der Waals surface area contributed by atoms with Crippen LogP contribution in [0.3, 0.4) is 0 Å². The highest BCUT2D eigenvalue weighted by atomic mass is 32.2. The van der Waals surface area contributed by atoms with Crippen molar-refractivity contribution in [1.29, 1.82) is 0 Å². The highest BCUT2D eigenvalue weighted by Gasteiger charge is 2.37. The number of aromatic hydroxyl groups is 2.